The van der Waals surface area contributed by atoms with Crippen LogP contribution in [0.1, 0.15) is 0 Å². The van der Waals surface area contributed by atoms with Gasteiger partial charge in [-0.15, -0.1) is 0 Å². The van der Waals surface area contributed by atoms with Crippen molar-refractivity contribution in [1.82, 2.24) is 0 Å². The molecule has 0 unspecified atom stereocenters. The molecule has 0 bridgehead atoms. The maximum atomic E-state index is 5.05. The van der Waals surface area contributed by atoms with Gasteiger partial charge in [-0.25, -0.2) is 0 Å². The quantitative estimate of drug-likeness (QED) is 0.628. The van der Waals surface area contributed by atoms with Crippen LogP contribution in [0.25, 0.3) is 0 Å². The molecule has 0 aromatic heterocycles. The Bertz CT molecular complexity index is 23.0. The molecule has 0 aliphatic carbocycles. The molecule has 0 saturated heterocycles. The molecule has 39 valence electrons. The summed E-state index contributed by atoms with van der Waals surface area (Å²) >= 11 is -3.37. The van der Waals surface area contributed by atoms with Crippen LogP contribution in [0.3, 0.4) is 0 Å². The van der Waals surface area contributed by atoms with Gasteiger partial charge in [-0.3, -0.25) is 0 Å². The summed E-state index contributed by atoms with van der Waals surface area (Å²) in [4.78, 5) is 0. The van der Waals surface area contributed by atoms with E-state index in [0.29, 0.717) is 0 Å². The van der Waals surface area contributed by atoms with E-state index in [0.717, 1.165) is 0 Å². The van der Waals surface area contributed by atoms with Gasteiger partial charge in [0, 0.05) is 0 Å². The van der Waals surface area contributed by atoms with Gasteiger partial charge in [-0.2, -0.15) is 0 Å². The van der Waals surface area contributed by atoms with Crippen LogP contribution in [-0.2, 0) is 20.2 Å². The van der Waals surface area contributed by atoms with E-state index in [2.05, 4.69) is 0 Å². The van der Waals surface area contributed by atoms with Crippen molar-refractivity contribution in [2.75, 3.05) is 0 Å². The van der Waals surface area contributed by atoms with Gasteiger partial charge in [0.1, 0.15) is 0 Å². The van der Waals surface area contributed by atoms with E-state index in [1.165, 1.54) is 0 Å². The van der Waals surface area contributed by atoms with Crippen LogP contribution < -0.4 is 0 Å². The minimum absolute atomic E-state index is 0. The van der Waals surface area contributed by atoms with Crippen LogP contribution in [0.5, 0.6) is 0 Å². The molecule has 0 atom stereocenters. The minimum atomic E-state index is -3.37. The normalized spacial score (nSPS) is 10.0. The third-order valence-electron chi connectivity index (χ3n) is 0. The van der Waals surface area contributed by atoms with E-state index in [4.69, 9.17) is 29.3 Å². The molecule has 0 saturated carbocycles. The Morgan fingerprint density at radius 3 is 0.833 bits per heavy atom. The Morgan fingerprint density at radius 1 is 0.833 bits per heavy atom. The molecule has 2 N–H and O–H groups in total. The summed E-state index contributed by atoms with van der Waals surface area (Å²) in [5.41, 5.74) is 0. The zero-order valence-corrected chi connectivity index (χ0v) is 8.45. The van der Waals surface area contributed by atoms with E-state index in [1.54, 1.807) is 0 Å². The standard InChI is InChI=1S/4ClH.H2O.Y/h4*1H;1H2;/q;;;;;+4/p-4. The number of hydrogen-bond donors (Lipinski definition) is 0. The first-order valence-electron chi connectivity index (χ1n) is 0.873. The van der Waals surface area contributed by atoms with Crippen molar-refractivity contribution in [3.8, 4) is 0 Å². The summed E-state index contributed by atoms with van der Waals surface area (Å²) in [6.07, 6.45) is 0. The van der Waals surface area contributed by atoms with Crippen LogP contribution in [0, 0.1) is 0 Å². The second-order valence-electron chi connectivity index (χ2n) is 0.495. The third-order valence-corrected chi connectivity index (χ3v) is 0. The molecule has 0 aromatic carbocycles. The van der Waals surface area contributed by atoms with Crippen LogP contribution >= 0.6 is 29.3 Å². The predicted molar refractivity (Wildman–Crippen MR) is 27.0 cm³/mol. The molecule has 0 radical (unpaired) electrons. The van der Waals surface area contributed by atoms with Crippen molar-refractivity contribution in [2.24, 2.45) is 0 Å². The third kappa shape index (κ3) is 34.3. The van der Waals surface area contributed by atoms with Gasteiger partial charge in [0.15, 0.2) is 0 Å². The first-order chi connectivity index (χ1) is 2.00. The van der Waals surface area contributed by atoms with Gasteiger partial charge >= 0.3 is 49.5 Å². The molecule has 0 aliphatic rings. The van der Waals surface area contributed by atoms with Gasteiger partial charge in [0.2, 0.25) is 0 Å². The summed E-state index contributed by atoms with van der Waals surface area (Å²) in [5.74, 6) is 0. The molecule has 0 aliphatic heterocycles. The molecule has 0 amide bonds. The Hall–Kier alpha value is 2.22. The van der Waals surface area contributed by atoms with Crippen LogP contribution in [0.15, 0.2) is 0 Å². The van der Waals surface area contributed by atoms with Gasteiger partial charge in [0.25, 0.3) is 0 Å². The molecule has 6 heteroatoms. The molecule has 0 spiro atoms. The van der Waals surface area contributed by atoms with Crippen molar-refractivity contribution in [2.45, 2.75) is 0 Å². The van der Waals surface area contributed by atoms with Crippen LogP contribution in [0.2, 0.25) is 0 Å². The zero-order chi connectivity index (χ0) is 4.50. The van der Waals surface area contributed by atoms with Crippen molar-refractivity contribution in [1.29, 1.82) is 0 Å². The molecule has 1 nitrogen and oxygen atoms in total. The zero-order valence-electron chi connectivity index (χ0n) is 2.59. The Morgan fingerprint density at radius 2 is 0.833 bits per heavy atom. The molecule has 6 heavy (non-hydrogen) atoms. The number of rotatable bonds is 0. The Labute approximate surface area is 54.0 Å². The van der Waals surface area contributed by atoms with Crippen molar-refractivity contribution in [3.05, 3.63) is 0 Å². The maximum absolute atomic E-state index is 5.05. The average molecular weight is 249 g/mol. The first kappa shape index (κ1) is 11.1. The van der Waals surface area contributed by atoms with Gasteiger partial charge < -0.3 is 5.48 Å². The van der Waals surface area contributed by atoms with E-state index >= 15 is 0 Å². The summed E-state index contributed by atoms with van der Waals surface area (Å²) in [5, 5.41) is 0. The van der Waals surface area contributed by atoms with E-state index in [9.17, 15) is 0 Å². The molecule has 0 aromatic rings. The van der Waals surface area contributed by atoms with Crippen molar-refractivity contribution in [3.63, 3.8) is 0 Å². The Kier molecular flexibility index (Phi) is 7.64. The number of halogens is 4. The van der Waals surface area contributed by atoms with Crippen molar-refractivity contribution < 1.29 is 25.7 Å². The second kappa shape index (κ2) is 4.14. The summed E-state index contributed by atoms with van der Waals surface area (Å²) in [7, 11) is 20.2. The van der Waals surface area contributed by atoms with Gasteiger partial charge in [-0.05, 0) is 0 Å². The predicted octanol–water partition coefficient (Wildman–Crippen LogP) is 1.93. The summed E-state index contributed by atoms with van der Waals surface area (Å²) < 4.78 is 0. The van der Waals surface area contributed by atoms with Crippen molar-refractivity contribution >= 4 is 29.3 Å². The number of hydrogen-bond acceptors (Lipinski definition) is 0. The fourth-order valence-electron chi connectivity index (χ4n) is 0. The van der Waals surface area contributed by atoms with E-state index in [1.807, 2.05) is 0 Å². The summed E-state index contributed by atoms with van der Waals surface area (Å²) in [6, 6.07) is 0. The van der Waals surface area contributed by atoms with E-state index < -0.39 is 20.2 Å². The molecule has 0 rings (SSSR count). The molecule has 0 heterocycles. The molecule has 0 fully saturated rings. The van der Waals surface area contributed by atoms with Crippen LogP contribution in [0.4, 0.5) is 0 Å². The first-order valence-corrected chi connectivity index (χ1v) is 15.5. The molecular weight excluding hydrogens is 247 g/mol. The van der Waals surface area contributed by atoms with Crippen LogP contribution in [-0.4, -0.2) is 5.48 Å². The topological polar surface area (TPSA) is 31.5 Å². The average Bonchev–Trinajstić information content (AvgIpc) is 0.722. The molecular formula is H2Cl4OY. The fourth-order valence-corrected chi connectivity index (χ4v) is 0. The summed E-state index contributed by atoms with van der Waals surface area (Å²) in [6.45, 7) is 0. The monoisotopic (exact) mass is 247 g/mol. The van der Waals surface area contributed by atoms with Gasteiger partial charge in [-0.1, -0.05) is 0 Å². The second-order valence-corrected chi connectivity index (χ2v) is 26.3. The van der Waals surface area contributed by atoms with Gasteiger partial charge in [0.05, 0.1) is 0 Å². The Balaban J connectivity index is 0. The van der Waals surface area contributed by atoms with E-state index in [-0.39, 0.29) is 5.48 Å². The SMILES string of the molecule is O.[Cl][Y]([Cl])([Cl])[Cl]. The fraction of sp³-hybridized carbons (Fsp3) is 0.